The number of aromatic carboxylic acids is 1. The first-order valence-corrected chi connectivity index (χ1v) is 6.59. The molecule has 0 heterocycles. The molecule has 3 rings (SSSR count). The topological polar surface area (TPSA) is 75.3 Å². The van der Waals surface area contributed by atoms with Crippen molar-refractivity contribution >= 4 is 17.3 Å². The van der Waals surface area contributed by atoms with E-state index in [1.54, 1.807) is 18.2 Å². The molecule has 1 aliphatic carbocycles. The van der Waals surface area contributed by atoms with E-state index in [9.17, 15) is 4.79 Å². The van der Waals surface area contributed by atoms with Gasteiger partial charge in [-0.1, -0.05) is 30.3 Å². The van der Waals surface area contributed by atoms with Crippen molar-refractivity contribution in [3.8, 4) is 0 Å². The Balaban J connectivity index is 1.68. The largest absolute Gasteiger partial charge is 0.478 e. The molecule has 0 bridgehead atoms. The molecule has 20 heavy (non-hydrogen) atoms. The van der Waals surface area contributed by atoms with E-state index in [0.29, 0.717) is 17.6 Å². The number of carboxylic acids is 1. The molecule has 0 radical (unpaired) electrons. The lowest BCUT2D eigenvalue weighted by atomic mass is 10.1. The van der Waals surface area contributed by atoms with Crippen LogP contribution in [0.15, 0.2) is 48.5 Å². The molecule has 2 unspecified atom stereocenters. The molecule has 102 valence electrons. The number of nitrogen functional groups attached to an aromatic ring is 1. The van der Waals surface area contributed by atoms with Gasteiger partial charge in [0.1, 0.15) is 0 Å². The van der Waals surface area contributed by atoms with Crippen molar-refractivity contribution in [1.82, 2.24) is 0 Å². The van der Waals surface area contributed by atoms with Crippen LogP contribution in [0.1, 0.15) is 28.3 Å². The fraction of sp³-hybridized carbons (Fsp3) is 0.188. The van der Waals surface area contributed by atoms with Crippen molar-refractivity contribution in [2.24, 2.45) is 0 Å². The number of nitrogens with one attached hydrogen (secondary N) is 1. The van der Waals surface area contributed by atoms with Crippen molar-refractivity contribution in [3.05, 3.63) is 59.7 Å². The van der Waals surface area contributed by atoms with E-state index in [1.807, 2.05) is 18.2 Å². The number of nitrogens with two attached hydrogens (primary N) is 1. The van der Waals surface area contributed by atoms with E-state index in [4.69, 9.17) is 10.8 Å². The zero-order valence-corrected chi connectivity index (χ0v) is 10.9. The van der Waals surface area contributed by atoms with E-state index in [1.165, 1.54) is 5.56 Å². The fourth-order valence-corrected chi connectivity index (χ4v) is 2.48. The van der Waals surface area contributed by atoms with Crippen molar-refractivity contribution in [3.63, 3.8) is 0 Å². The van der Waals surface area contributed by atoms with E-state index < -0.39 is 5.97 Å². The Kier molecular flexibility index (Phi) is 3.06. The summed E-state index contributed by atoms with van der Waals surface area (Å²) in [5.74, 6) is -0.473. The summed E-state index contributed by atoms with van der Waals surface area (Å²) in [4.78, 5) is 10.9. The van der Waals surface area contributed by atoms with Gasteiger partial charge in [0.05, 0.1) is 5.56 Å². The van der Waals surface area contributed by atoms with E-state index in [-0.39, 0.29) is 5.56 Å². The Labute approximate surface area is 117 Å². The second-order valence-corrected chi connectivity index (χ2v) is 5.11. The Bertz CT molecular complexity index is 640. The maximum Gasteiger partial charge on any atom is 0.337 e. The third-order valence-corrected chi connectivity index (χ3v) is 3.65. The van der Waals surface area contributed by atoms with Gasteiger partial charge in [-0.15, -0.1) is 0 Å². The number of hydrogen-bond acceptors (Lipinski definition) is 3. The molecule has 0 aromatic heterocycles. The zero-order valence-electron chi connectivity index (χ0n) is 10.9. The molecule has 1 saturated carbocycles. The smallest absolute Gasteiger partial charge is 0.337 e. The summed E-state index contributed by atoms with van der Waals surface area (Å²) in [7, 11) is 0. The van der Waals surface area contributed by atoms with Crippen molar-refractivity contribution < 1.29 is 9.90 Å². The Hall–Kier alpha value is -2.49. The zero-order chi connectivity index (χ0) is 14.1. The summed E-state index contributed by atoms with van der Waals surface area (Å²) in [5, 5.41) is 12.3. The fourth-order valence-electron chi connectivity index (χ4n) is 2.48. The molecule has 1 aliphatic rings. The molecule has 0 amide bonds. The van der Waals surface area contributed by atoms with Crippen LogP contribution in [0.2, 0.25) is 0 Å². The number of carboxylic acid groups (broad SMARTS) is 1. The number of carbonyl (C=O) groups is 1. The number of hydrogen-bond donors (Lipinski definition) is 3. The molecule has 0 aliphatic heterocycles. The van der Waals surface area contributed by atoms with Gasteiger partial charge in [0, 0.05) is 23.3 Å². The summed E-state index contributed by atoms with van der Waals surface area (Å²) in [6, 6.07) is 15.8. The van der Waals surface area contributed by atoms with Crippen LogP contribution < -0.4 is 11.1 Å². The van der Waals surface area contributed by atoms with Crippen LogP contribution >= 0.6 is 0 Å². The normalized spacial score (nSPS) is 20.4. The quantitative estimate of drug-likeness (QED) is 0.745. The van der Waals surface area contributed by atoms with E-state index in [0.717, 1.165) is 12.1 Å². The minimum absolute atomic E-state index is 0.144. The van der Waals surface area contributed by atoms with Gasteiger partial charge in [-0.2, -0.15) is 0 Å². The van der Waals surface area contributed by atoms with Crippen LogP contribution in [0.3, 0.4) is 0 Å². The van der Waals surface area contributed by atoms with Crippen LogP contribution in [-0.2, 0) is 0 Å². The highest BCUT2D eigenvalue weighted by Gasteiger charge is 2.38. The maximum atomic E-state index is 10.9. The van der Waals surface area contributed by atoms with Crippen LogP contribution in [0.5, 0.6) is 0 Å². The van der Waals surface area contributed by atoms with Gasteiger partial charge in [0.2, 0.25) is 0 Å². The molecule has 4 nitrogen and oxygen atoms in total. The predicted molar refractivity (Wildman–Crippen MR) is 79.0 cm³/mol. The van der Waals surface area contributed by atoms with Crippen molar-refractivity contribution in [2.45, 2.75) is 18.4 Å². The van der Waals surface area contributed by atoms with Crippen molar-refractivity contribution in [1.29, 1.82) is 0 Å². The average Bonchev–Trinajstić information content (AvgIpc) is 3.18. The van der Waals surface area contributed by atoms with Gasteiger partial charge >= 0.3 is 5.97 Å². The first-order chi connectivity index (χ1) is 9.65. The highest BCUT2D eigenvalue weighted by Crippen LogP contribution is 2.42. The lowest BCUT2D eigenvalue weighted by Gasteiger charge is -2.08. The third-order valence-electron chi connectivity index (χ3n) is 3.65. The van der Waals surface area contributed by atoms with Gasteiger partial charge in [0.25, 0.3) is 0 Å². The Morgan fingerprint density at radius 1 is 1.20 bits per heavy atom. The van der Waals surface area contributed by atoms with Crippen molar-refractivity contribution in [2.75, 3.05) is 11.1 Å². The average molecular weight is 268 g/mol. The second-order valence-electron chi connectivity index (χ2n) is 5.11. The Morgan fingerprint density at radius 2 is 1.95 bits per heavy atom. The second kappa shape index (κ2) is 4.89. The molecular formula is C16H16N2O2. The summed E-state index contributed by atoms with van der Waals surface area (Å²) in [6.07, 6.45) is 1.09. The molecule has 4 N–H and O–H groups in total. The Morgan fingerprint density at radius 3 is 2.60 bits per heavy atom. The van der Waals surface area contributed by atoms with Crippen LogP contribution in [0.25, 0.3) is 0 Å². The summed E-state index contributed by atoms with van der Waals surface area (Å²) in [5.41, 5.74) is 8.38. The van der Waals surface area contributed by atoms with Gasteiger partial charge < -0.3 is 16.2 Å². The van der Waals surface area contributed by atoms with Crippen LogP contribution in [0, 0.1) is 0 Å². The first kappa shape index (κ1) is 12.5. The monoisotopic (exact) mass is 268 g/mol. The number of benzene rings is 2. The first-order valence-electron chi connectivity index (χ1n) is 6.59. The van der Waals surface area contributed by atoms with Gasteiger partial charge in [-0.3, -0.25) is 0 Å². The molecule has 2 aromatic rings. The van der Waals surface area contributed by atoms with Gasteiger partial charge in [-0.25, -0.2) is 4.79 Å². The highest BCUT2D eigenvalue weighted by molar-refractivity contribution is 5.94. The molecular weight excluding hydrogens is 252 g/mol. The van der Waals surface area contributed by atoms with Crippen LogP contribution in [0.4, 0.5) is 11.4 Å². The van der Waals surface area contributed by atoms with E-state index >= 15 is 0 Å². The lowest BCUT2D eigenvalue weighted by Crippen LogP contribution is -2.07. The molecule has 0 spiro atoms. The molecule has 0 saturated heterocycles. The van der Waals surface area contributed by atoms with Gasteiger partial charge in [0.15, 0.2) is 0 Å². The highest BCUT2D eigenvalue weighted by atomic mass is 16.4. The van der Waals surface area contributed by atoms with Crippen LogP contribution in [-0.4, -0.2) is 17.1 Å². The predicted octanol–water partition coefficient (Wildman–Crippen LogP) is 2.94. The molecule has 4 heteroatoms. The lowest BCUT2D eigenvalue weighted by molar-refractivity contribution is 0.0698. The minimum atomic E-state index is -0.998. The maximum absolute atomic E-state index is 10.9. The molecule has 1 fully saturated rings. The number of rotatable bonds is 4. The van der Waals surface area contributed by atoms with Gasteiger partial charge in [-0.05, 0) is 30.2 Å². The van der Waals surface area contributed by atoms with E-state index in [2.05, 4.69) is 17.4 Å². The molecule has 2 aromatic carbocycles. The summed E-state index contributed by atoms with van der Waals surface area (Å²) >= 11 is 0. The third kappa shape index (κ3) is 2.45. The molecule has 2 atom stereocenters. The summed E-state index contributed by atoms with van der Waals surface area (Å²) < 4.78 is 0. The minimum Gasteiger partial charge on any atom is -0.478 e. The summed E-state index contributed by atoms with van der Waals surface area (Å²) in [6.45, 7) is 0. The SMILES string of the molecule is Nc1cc(NC2CC2c2ccccc2)ccc1C(=O)O. The standard InChI is InChI=1S/C16H16N2O2/c17-14-8-11(6-7-12(14)16(19)20)18-15-9-13(15)10-4-2-1-3-5-10/h1-8,13,15,18H,9,17H2,(H,19,20). The number of anilines is 2.